The monoisotopic (exact) mass is 421 g/mol. The maximum absolute atomic E-state index is 12.6. The Balaban J connectivity index is 1.26. The van der Waals surface area contributed by atoms with Gasteiger partial charge in [0.15, 0.2) is 0 Å². The maximum atomic E-state index is 12.6. The predicted octanol–water partition coefficient (Wildman–Crippen LogP) is 4.20. The quantitative estimate of drug-likeness (QED) is 0.726. The van der Waals surface area contributed by atoms with Crippen molar-refractivity contribution in [3.8, 4) is 0 Å². The third kappa shape index (κ3) is 6.18. The van der Waals surface area contributed by atoms with Crippen LogP contribution in [-0.4, -0.2) is 53.0 Å². The van der Waals surface area contributed by atoms with Crippen LogP contribution in [0.5, 0.6) is 0 Å². The van der Waals surface area contributed by atoms with Gasteiger partial charge in [-0.25, -0.2) is 4.98 Å². The van der Waals surface area contributed by atoms with E-state index >= 15 is 0 Å². The summed E-state index contributed by atoms with van der Waals surface area (Å²) >= 11 is 0. The summed E-state index contributed by atoms with van der Waals surface area (Å²) in [6.07, 6.45) is 8.82. The second-order valence-electron chi connectivity index (χ2n) is 8.88. The van der Waals surface area contributed by atoms with E-state index in [-0.39, 0.29) is 5.91 Å². The molecule has 1 aliphatic carbocycles. The first-order valence-corrected chi connectivity index (χ1v) is 11.9. The lowest BCUT2D eigenvalue weighted by Crippen LogP contribution is -2.49. The molecule has 31 heavy (non-hydrogen) atoms. The minimum atomic E-state index is 0.272. The molecule has 2 fully saturated rings. The second-order valence-corrected chi connectivity index (χ2v) is 8.88. The lowest BCUT2D eigenvalue weighted by molar-refractivity contribution is -0.131. The molecule has 1 N–H and O–H groups in total. The molecule has 4 rings (SSSR count). The van der Waals surface area contributed by atoms with E-state index in [2.05, 4.69) is 45.5 Å². The van der Waals surface area contributed by atoms with E-state index in [1.54, 1.807) is 0 Å². The summed E-state index contributed by atoms with van der Waals surface area (Å²) in [6, 6.07) is 13.0. The van der Waals surface area contributed by atoms with Gasteiger partial charge < -0.3 is 15.1 Å². The van der Waals surface area contributed by atoms with Crippen LogP contribution in [0.4, 0.5) is 11.8 Å². The van der Waals surface area contributed by atoms with E-state index in [4.69, 9.17) is 4.98 Å². The summed E-state index contributed by atoms with van der Waals surface area (Å²) in [5, 5.41) is 3.55. The first-order chi connectivity index (χ1) is 15.2. The maximum Gasteiger partial charge on any atom is 0.225 e. The molecule has 6 heteroatoms. The molecule has 0 unspecified atom stereocenters. The van der Waals surface area contributed by atoms with Crippen LogP contribution in [0.25, 0.3) is 0 Å². The zero-order chi connectivity index (χ0) is 21.5. The van der Waals surface area contributed by atoms with Crippen molar-refractivity contribution in [1.82, 2.24) is 14.9 Å². The van der Waals surface area contributed by atoms with Crippen molar-refractivity contribution in [2.75, 3.05) is 36.4 Å². The highest BCUT2D eigenvalue weighted by molar-refractivity contribution is 5.76. The molecule has 1 aromatic heterocycles. The third-order valence-corrected chi connectivity index (χ3v) is 6.43. The molecule has 0 atom stereocenters. The van der Waals surface area contributed by atoms with E-state index < -0.39 is 0 Å². The zero-order valence-electron chi connectivity index (χ0n) is 18.7. The number of amides is 1. The zero-order valence-corrected chi connectivity index (χ0v) is 18.7. The molecule has 0 spiro atoms. The van der Waals surface area contributed by atoms with Gasteiger partial charge in [-0.2, -0.15) is 4.98 Å². The lowest BCUT2D eigenvalue weighted by Gasteiger charge is -2.35. The minimum Gasteiger partial charge on any atom is -0.353 e. The number of nitrogens with one attached hydrogen (secondary N) is 1. The lowest BCUT2D eigenvalue weighted by atomic mass is 9.96. The number of piperazine rings is 1. The Hall–Kier alpha value is -2.63. The number of aromatic nitrogens is 2. The molecule has 0 bridgehead atoms. The van der Waals surface area contributed by atoms with Gasteiger partial charge in [0.1, 0.15) is 5.82 Å². The molecule has 1 saturated carbocycles. The number of hydrogen-bond donors (Lipinski definition) is 1. The summed E-state index contributed by atoms with van der Waals surface area (Å²) in [7, 11) is 0. The number of rotatable bonds is 7. The molecular formula is C25H35N5O. The van der Waals surface area contributed by atoms with E-state index in [1.165, 1.54) is 37.7 Å². The van der Waals surface area contributed by atoms with E-state index in [1.807, 2.05) is 17.9 Å². The number of nitrogens with zero attached hydrogens (tertiary/aromatic N) is 4. The van der Waals surface area contributed by atoms with Gasteiger partial charge in [-0.15, -0.1) is 0 Å². The van der Waals surface area contributed by atoms with Crippen molar-refractivity contribution in [2.45, 2.75) is 64.3 Å². The molecule has 6 nitrogen and oxygen atoms in total. The molecule has 1 aromatic carbocycles. The Kier molecular flexibility index (Phi) is 7.39. The average molecular weight is 422 g/mol. The fraction of sp³-hybridized carbons (Fsp3) is 0.560. The van der Waals surface area contributed by atoms with Crippen LogP contribution >= 0.6 is 0 Å². The fourth-order valence-corrected chi connectivity index (χ4v) is 4.64. The second kappa shape index (κ2) is 10.6. The van der Waals surface area contributed by atoms with Crippen LogP contribution in [-0.2, 0) is 11.2 Å². The SMILES string of the molecule is Cc1cc(N2CCN(C(=O)CCCc3ccccc3)CC2)nc(NC2CCCCC2)n1. The highest BCUT2D eigenvalue weighted by Crippen LogP contribution is 2.22. The summed E-state index contributed by atoms with van der Waals surface area (Å²) in [5.74, 6) is 2.00. The van der Waals surface area contributed by atoms with Crippen LogP contribution in [0.3, 0.4) is 0 Å². The Morgan fingerprint density at radius 1 is 1.03 bits per heavy atom. The first-order valence-electron chi connectivity index (χ1n) is 11.9. The Labute approximate surface area is 186 Å². The number of hydrogen-bond acceptors (Lipinski definition) is 5. The topological polar surface area (TPSA) is 61.4 Å². The molecule has 0 radical (unpaired) electrons. The molecular weight excluding hydrogens is 386 g/mol. The van der Waals surface area contributed by atoms with Gasteiger partial charge in [0.25, 0.3) is 0 Å². The third-order valence-electron chi connectivity index (χ3n) is 6.43. The van der Waals surface area contributed by atoms with Crippen molar-refractivity contribution in [3.63, 3.8) is 0 Å². The summed E-state index contributed by atoms with van der Waals surface area (Å²) in [6.45, 7) is 5.20. The highest BCUT2D eigenvalue weighted by Gasteiger charge is 2.23. The van der Waals surface area contributed by atoms with Crippen LogP contribution in [0.2, 0.25) is 0 Å². The summed E-state index contributed by atoms with van der Waals surface area (Å²) in [4.78, 5) is 26.3. The fourth-order valence-electron chi connectivity index (χ4n) is 4.64. The minimum absolute atomic E-state index is 0.272. The van der Waals surface area contributed by atoms with Crippen molar-refractivity contribution in [2.24, 2.45) is 0 Å². The predicted molar refractivity (Wildman–Crippen MR) is 125 cm³/mol. The number of anilines is 2. The van der Waals surface area contributed by atoms with Gasteiger partial charge in [0.2, 0.25) is 11.9 Å². The Morgan fingerprint density at radius 2 is 1.77 bits per heavy atom. The van der Waals surface area contributed by atoms with Crippen LogP contribution in [0.15, 0.2) is 36.4 Å². The van der Waals surface area contributed by atoms with Gasteiger partial charge in [-0.3, -0.25) is 4.79 Å². The van der Waals surface area contributed by atoms with Gasteiger partial charge >= 0.3 is 0 Å². The largest absolute Gasteiger partial charge is 0.353 e. The number of benzene rings is 1. The molecule has 1 aliphatic heterocycles. The number of aryl methyl sites for hydroxylation is 2. The van der Waals surface area contributed by atoms with Gasteiger partial charge in [-0.1, -0.05) is 49.6 Å². The Morgan fingerprint density at radius 3 is 2.52 bits per heavy atom. The molecule has 1 saturated heterocycles. The van der Waals surface area contributed by atoms with Gasteiger partial charge in [0.05, 0.1) is 0 Å². The van der Waals surface area contributed by atoms with E-state index in [0.29, 0.717) is 12.5 Å². The summed E-state index contributed by atoms with van der Waals surface area (Å²) in [5.41, 5.74) is 2.29. The van der Waals surface area contributed by atoms with Crippen molar-refractivity contribution in [3.05, 3.63) is 47.7 Å². The normalized spacial score (nSPS) is 17.6. The molecule has 1 amide bonds. The van der Waals surface area contributed by atoms with E-state index in [9.17, 15) is 4.79 Å². The Bertz CT molecular complexity index is 842. The first kappa shape index (κ1) is 21.6. The van der Waals surface area contributed by atoms with Crippen molar-refractivity contribution >= 4 is 17.7 Å². The molecule has 166 valence electrons. The van der Waals surface area contributed by atoms with Crippen molar-refractivity contribution in [1.29, 1.82) is 0 Å². The van der Waals surface area contributed by atoms with Gasteiger partial charge in [0, 0.05) is 50.4 Å². The van der Waals surface area contributed by atoms with Crippen molar-refractivity contribution < 1.29 is 4.79 Å². The summed E-state index contributed by atoms with van der Waals surface area (Å²) < 4.78 is 0. The smallest absolute Gasteiger partial charge is 0.225 e. The molecule has 2 heterocycles. The van der Waals surface area contributed by atoms with Crippen LogP contribution < -0.4 is 10.2 Å². The average Bonchev–Trinajstić information content (AvgIpc) is 2.80. The number of carbonyl (C=O) groups is 1. The van der Waals surface area contributed by atoms with E-state index in [0.717, 1.165) is 56.5 Å². The molecule has 2 aliphatic rings. The standard InChI is InChI=1S/C25H35N5O/c1-20-19-23(28-25(26-20)27-22-12-6-3-7-13-22)29-15-17-30(18-16-29)24(31)14-8-11-21-9-4-2-5-10-21/h2,4-5,9-10,19,22H,3,6-8,11-18H2,1H3,(H,26,27,28). The molecule has 2 aromatic rings. The van der Waals surface area contributed by atoms with Gasteiger partial charge in [-0.05, 0) is 38.2 Å². The van der Waals surface area contributed by atoms with Crippen LogP contribution in [0.1, 0.15) is 56.2 Å². The van der Waals surface area contributed by atoms with Crippen LogP contribution in [0, 0.1) is 6.92 Å². The highest BCUT2D eigenvalue weighted by atomic mass is 16.2. The number of carbonyl (C=O) groups excluding carboxylic acids is 1.